The van der Waals surface area contributed by atoms with Crippen LogP contribution in [0.1, 0.15) is 44.8 Å². The smallest absolute Gasteiger partial charge is 0.0951 e. The predicted molar refractivity (Wildman–Crippen MR) is 71.2 cm³/mol. The average molecular weight is 245 g/mol. The summed E-state index contributed by atoms with van der Waals surface area (Å²) in [6, 6.07) is 0.765. The molecule has 1 aromatic heterocycles. The SMILES string of the molecule is CNC(C)(C)c1cncn1C1C2C3CCC(C3)C21. The predicted octanol–water partition coefficient (Wildman–Crippen LogP) is 2.55. The van der Waals surface area contributed by atoms with Gasteiger partial charge in [-0.25, -0.2) is 4.98 Å². The molecule has 1 N–H and O–H groups in total. The molecule has 0 aliphatic heterocycles. The van der Waals surface area contributed by atoms with Crippen molar-refractivity contribution in [1.82, 2.24) is 14.9 Å². The first kappa shape index (κ1) is 11.0. The van der Waals surface area contributed by atoms with Crippen molar-refractivity contribution in [2.75, 3.05) is 7.05 Å². The average Bonchev–Trinajstić information content (AvgIpc) is 2.82. The van der Waals surface area contributed by atoms with Crippen molar-refractivity contribution in [3.05, 3.63) is 18.2 Å². The summed E-state index contributed by atoms with van der Waals surface area (Å²) in [5.41, 5.74) is 1.37. The van der Waals surface area contributed by atoms with Crippen molar-refractivity contribution < 1.29 is 0 Å². The number of fused-ring (bicyclic) bond motifs is 5. The molecule has 0 aromatic carbocycles. The molecule has 0 spiro atoms. The van der Waals surface area contributed by atoms with Crippen LogP contribution >= 0.6 is 0 Å². The second-order valence-electron chi connectivity index (χ2n) is 7.04. The van der Waals surface area contributed by atoms with E-state index in [1.807, 2.05) is 13.2 Å². The fourth-order valence-corrected chi connectivity index (χ4v) is 4.80. The second-order valence-corrected chi connectivity index (χ2v) is 7.04. The molecule has 98 valence electrons. The van der Waals surface area contributed by atoms with Gasteiger partial charge < -0.3 is 9.88 Å². The molecule has 4 rings (SSSR count). The van der Waals surface area contributed by atoms with Gasteiger partial charge in [0.1, 0.15) is 0 Å². The Morgan fingerprint density at radius 1 is 1.28 bits per heavy atom. The van der Waals surface area contributed by atoms with Crippen LogP contribution in [0.15, 0.2) is 12.5 Å². The normalized spacial score (nSPS) is 41.2. The molecule has 4 atom stereocenters. The van der Waals surface area contributed by atoms with E-state index in [-0.39, 0.29) is 5.54 Å². The third-order valence-electron chi connectivity index (χ3n) is 5.95. The third kappa shape index (κ3) is 1.26. The van der Waals surface area contributed by atoms with Crippen LogP contribution < -0.4 is 5.32 Å². The molecule has 2 bridgehead atoms. The summed E-state index contributed by atoms with van der Waals surface area (Å²) >= 11 is 0. The highest BCUT2D eigenvalue weighted by molar-refractivity contribution is 5.21. The first-order chi connectivity index (χ1) is 8.63. The van der Waals surface area contributed by atoms with E-state index in [1.54, 1.807) is 0 Å². The van der Waals surface area contributed by atoms with E-state index in [0.29, 0.717) is 0 Å². The van der Waals surface area contributed by atoms with E-state index >= 15 is 0 Å². The highest BCUT2D eigenvalue weighted by atomic mass is 15.2. The first-order valence-corrected chi connectivity index (χ1v) is 7.34. The number of rotatable bonds is 3. The van der Waals surface area contributed by atoms with Crippen LogP contribution in [-0.2, 0) is 5.54 Å². The second kappa shape index (κ2) is 3.38. The lowest BCUT2D eigenvalue weighted by molar-refractivity contribution is 0.382. The molecule has 0 amide bonds. The molecule has 1 heterocycles. The molecular weight excluding hydrogens is 222 g/mol. The Morgan fingerprint density at radius 3 is 2.56 bits per heavy atom. The van der Waals surface area contributed by atoms with Gasteiger partial charge in [-0.3, -0.25) is 0 Å². The van der Waals surface area contributed by atoms with Crippen molar-refractivity contribution in [3.63, 3.8) is 0 Å². The van der Waals surface area contributed by atoms with Crippen LogP contribution in [0.25, 0.3) is 0 Å². The highest BCUT2D eigenvalue weighted by Crippen LogP contribution is 2.71. The molecule has 3 fully saturated rings. The van der Waals surface area contributed by atoms with Gasteiger partial charge in [0, 0.05) is 6.04 Å². The summed E-state index contributed by atoms with van der Waals surface area (Å²) in [5.74, 6) is 4.00. The van der Waals surface area contributed by atoms with Crippen molar-refractivity contribution in [3.8, 4) is 0 Å². The molecule has 3 heteroatoms. The fourth-order valence-electron chi connectivity index (χ4n) is 4.80. The van der Waals surface area contributed by atoms with Gasteiger partial charge >= 0.3 is 0 Å². The number of nitrogens with one attached hydrogen (secondary N) is 1. The Kier molecular flexibility index (Phi) is 2.07. The summed E-state index contributed by atoms with van der Waals surface area (Å²) in [5, 5.41) is 3.41. The zero-order valence-corrected chi connectivity index (χ0v) is 11.6. The summed E-state index contributed by atoms with van der Waals surface area (Å²) in [6.07, 6.45) is 8.61. The lowest BCUT2D eigenvalue weighted by atomic mass is 10.0. The maximum atomic E-state index is 4.42. The number of hydrogen-bond acceptors (Lipinski definition) is 2. The molecule has 0 radical (unpaired) electrons. The molecule has 3 aliphatic carbocycles. The quantitative estimate of drug-likeness (QED) is 0.887. The third-order valence-corrected chi connectivity index (χ3v) is 5.95. The Balaban J connectivity index is 1.66. The molecule has 3 aliphatic rings. The van der Waals surface area contributed by atoms with Crippen LogP contribution in [-0.4, -0.2) is 16.6 Å². The number of aromatic nitrogens is 2. The Morgan fingerprint density at radius 2 is 1.94 bits per heavy atom. The maximum Gasteiger partial charge on any atom is 0.0951 e. The van der Waals surface area contributed by atoms with E-state index in [1.165, 1.54) is 25.0 Å². The zero-order chi connectivity index (χ0) is 12.5. The van der Waals surface area contributed by atoms with Gasteiger partial charge in [0.15, 0.2) is 0 Å². The van der Waals surface area contributed by atoms with Crippen molar-refractivity contribution in [2.45, 2.75) is 44.7 Å². The Labute approximate surface area is 109 Å². The maximum absolute atomic E-state index is 4.42. The van der Waals surface area contributed by atoms with Gasteiger partial charge in [-0.15, -0.1) is 0 Å². The van der Waals surface area contributed by atoms with Crippen molar-refractivity contribution in [2.24, 2.45) is 23.7 Å². The van der Waals surface area contributed by atoms with Crippen LogP contribution in [0.3, 0.4) is 0 Å². The Bertz CT molecular complexity index is 460. The molecule has 18 heavy (non-hydrogen) atoms. The number of imidazole rings is 1. The van der Waals surface area contributed by atoms with E-state index in [2.05, 4.69) is 35.0 Å². The first-order valence-electron chi connectivity index (χ1n) is 7.34. The monoisotopic (exact) mass is 245 g/mol. The summed E-state index contributed by atoms with van der Waals surface area (Å²) < 4.78 is 2.48. The highest BCUT2D eigenvalue weighted by Gasteiger charge is 2.66. The Hall–Kier alpha value is -0.830. The minimum Gasteiger partial charge on any atom is -0.329 e. The summed E-state index contributed by atoms with van der Waals surface area (Å²) in [4.78, 5) is 4.42. The molecule has 1 aromatic rings. The molecular formula is C15H23N3. The van der Waals surface area contributed by atoms with Crippen LogP contribution in [0.4, 0.5) is 0 Å². The topological polar surface area (TPSA) is 29.9 Å². The summed E-state index contributed by atoms with van der Waals surface area (Å²) in [6.45, 7) is 4.49. The van der Waals surface area contributed by atoms with Crippen molar-refractivity contribution >= 4 is 0 Å². The lowest BCUT2D eigenvalue weighted by Gasteiger charge is -2.26. The standard InChI is InChI=1S/C15H23N3/c1-15(2,16-3)11-7-17-8-18(11)14-12-9-4-5-10(6-9)13(12)14/h7-10,12-14,16H,4-6H2,1-3H3. The minimum absolute atomic E-state index is 0.0203. The van der Waals surface area contributed by atoms with Gasteiger partial charge in [0.05, 0.1) is 23.8 Å². The van der Waals surface area contributed by atoms with Crippen LogP contribution in [0.5, 0.6) is 0 Å². The largest absolute Gasteiger partial charge is 0.329 e. The molecule has 0 saturated heterocycles. The van der Waals surface area contributed by atoms with Gasteiger partial charge in [-0.05, 0) is 63.8 Å². The molecule has 3 saturated carbocycles. The van der Waals surface area contributed by atoms with Crippen LogP contribution in [0.2, 0.25) is 0 Å². The van der Waals surface area contributed by atoms with E-state index in [9.17, 15) is 0 Å². The van der Waals surface area contributed by atoms with E-state index < -0.39 is 0 Å². The van der Waals surface area contributed by atoms with E-state index in [4.69, 9.17) is 0 Å². The van der Waals surface area contributed by atoms with Gasteiger partial charge in [0.2, 0.25) is 0 Å². The zero-order valence-electron chi connectivity index (χ0n) is 11.6. The van der Waals surface area contributed by atoms with Crippen molar-refractivity contribution in [1.29, 1.82) is 0 Å². The van der Waals surface area contributed by atoms with Gasteiger partial charge in [-0.2, -0.15) is 0 Å². The van der Waals surface area contributed by atoms with E-state index in [0.717, 1.165) is 29.7 Å². The van der Waals surface area contributed by atoms with Gasteiger partial charge in [0.25, 0.3) is 0 Å². The number of nitrogens with zero attached hydrogens (tertiary/aromatic N) is 2. The van der Waals surface area contributed by atoms with Crippen LogP contribution in [0, 0.1) is 23.7 Å². The minimum atomic E-state index is 0.0203. The number of hydrogen-bond donors (Lipinski definition) is 1. The summed E-state index contributed by atoms with van der Waals surface area (Å²) in [7, 11) is 2.04. The lowest BCUT2D eigenvalue weighted by Crippen LogP contribution is -2.35. The molecule has 3 nitrogen and oxygen atoms in total. The van der Waals surface area contributed by atoms with Gasteiger partial charge in [-0.1, -0.05) is 0 Å². The molecule has 4 unspecified atom stereocenters. The fraction of sp³-hybridized carbons (Fsp3) is 0.800.